The van der Waals surface area contributed by atoms with E-state index in [1.807, 2.05) is 6.92 Å². The van der Waals surface area contributed by atoms with Crippen molar-refractivity contribution in [2.45, 2.75) is 31.7 Å². The summed E-state index contributed by atoms with van der Waals surface area (Å²) in [5.41, 5.74) is 0.201. The first-order valence-electron chi connectivity index (χ1n) is 6.85. The number of carboxylic acid groups (broad SMARTS) is 1. The van der Waals surface area contributed by atoms with E-state index >= 15 is 0 Å². The Balaban J connectivity index is 2.29. The van der Waals surface area contributed by atoms with Crippen LogP contribution in [0.3, 0.4) is 0 Å². The van der Waals surface area contributed by atoms with Crippen LogP contribution in [-0.2, 0) is 6.54 Å². The summed E-state index contributed by atoms with van der Waals surface area (Å²) in [6.07, 6.45) is 4.35. The number of nitrogens with zero attached hydrogens (tertiary/aromatic N) is 2. The number of benzene rings is 1. The molecule has 0 amide bonds. The number of aryl methyl sites for hydroxylation is 1. The van der Waals surface area contributed by atoms with Gasteiger partial charge in [0.05, 0.1) is 12.4 Å². The van der Waals surface area contributed by atoms with Gasteiger partial charge in [0.15, 0.2) is 5.75 Å². The molecule has 0 saturated carbocycles. The maximum absolute atomic E-state index is 11.5. The predicted octanol–water partition coefficient (Wildman–Crippen LogP) is 3.90. The molecular formula is C15H18N2O3S. The molecule has 0 bridgehead atoms. The van der Waals surface area contributed by atoms with E-state index < -0.39 is 5.97 Å². The largest absolute Gasteiger partial charge is 0.478 e. The second-order valence-electron chi connectivity index (χ2n) is 4.41. The van der Waals surface area contributed by atoms with Crippen LogP contribution in [0.25, 0.3) is 0 Å². The minimum atomic E-state index is -0.984. The number of ether oxygens (including phenoxy) is 1. The van der Waals surface area contributed by atoms with Crippen LogP contribution >= 0.6 is 11.8 Å². The van der Waals surface area contributed by atoms with Gasteiger partial charge in [-0.05, 0) is 24.3 Å². The van der Waals surface area contributed by atoms with Crippen molar-refractivity contribution in [2.24, 2.45) is 0 Å². The standard InChI is InChI=1S/C15H18N2O3S/c1-3-8-17-10-11(9-16-17)20-12-6-5-7-13(21-4-2)14(12)15(18)19/h5-7,9-10H,3-4,8H2,1-2H3,(H,18,19). The summed E-state index contributed by atoms with van der Waals surface area (Å²) < 4.78 is 7.49. The molecule has 1 aromatic heterocycles. The van der Waals surface area contributed by atoms with Gasteiger partial charge in [-0.25, -0.2) is 4.79 Å². The lowest BCUT2D eigenvalue weighted by Gasteiger charge is -2.10. The molecule has 1 N–H and O–H groups in total. The Hall–Kier alpha value is -1.95. The Labute approximate surface area is 127 Å². The van der Waals surface area contributed by atoms with E-state index in [-0.39, 0.29) is 5.56 Å². The van der Waals surface area contributed by atoms with Gasteiger partial charge in [-0.1, -0.05) is 19.9 Å². The topological polar surface area (TPSA) is 64.3 Å². The maximum atomic E-state index is 11.5. The third kappa shape index (κ3) is 3.78. The van der Waals surface area contributed by atoms with E-state index in [4.69, 9.17) is 4.74 Å². The lowest BCUT2D eigenvalue weighted by atomic mass is 10.2. The first kappa shape index (κ1) is 15.4. The van der Waals surface area contributed by atoms with E-state index in [0.717, 1.165) is 18.7 Å². The summed E-state index contributed by atoms with van der Waals surface area (Å²) in [5.74, 6) is 0.710. The molecule has 0 saturated heterocycles. The Bertz CT molecular complexity index is 625. The van der Waals surface area contributed by atoms with Crippen molar-refractivity contribution in [2.75, 3.05) is 5.75 Å². The summed E-state index contributed by atoms with van der Waals surface area (Å²) in [7, 11) is 0. The molecule has 0 unspecified atom stereocenters. The third-order valence-corrected chi connectivity index (χ3v) is 3.73. The van der Waals surface area contributed by atoms with Crippen molar-refractivity contribution in [1.29, 1.82) is 0 Å². The Morgan fingerprint density at radius 2 is 2.24 bits per heavy atom. The van der Waals surface area contributed by atoms with Crippen molar-refractivity contribution >= 4 is 17.7 Å². The van der Waals surface area contributed by atoms with Gasteiger partial charge in [-0.3, -0.25) is 4.68 Å². The molecule has 0 radical (unpaired) electrons. The average Bonchev–Trinajstić information content (AvgIpc) is 2.87. The van der Waals surface area contributed by atoms with Crippen LogP contribution in [-0.4, -0.2) is 26.6 Å². The van der Waals surface area contributed by atoms with Crippen molar-refractivity contribution in [3.63, 3.8) is 0 Å². The SMILES string of the molecule is CCCn1cc(Oc2cccc(SCC)c2C(=O)O)cn1. The zero-order valence-electron chi connectivity index (χ0n) is 12.1. The fourth-order valence-corrected chi connectivity index (χ4v) is 2.78. The highest BCUT2D eigenvalue weighted by Crippen LogP contribution is 2.32. The zero-order valence-corrected chi connectivity index (χ0v) is 12.9. The number of aromatic nitrogens is 2. The monoisotopic (exact) mass is 306 g/mol. The van der Waals surface area contributed by atoms with E-state index in [1.165, 1.54) is 11.8 Å². The predicted molar refractivity (Wildman–Crippen MR) is 82.4 cm³/mol. The van der Waals surface area contributed by atoms with Crippen LogP contribution < -0.4 is 4.74 Å². The Morgan fingerprint density at radius 1 is 1.43 bits per heavy atom. The van der Waals surface area contributed by atoms with Crippen molar-refractivity contribution in [1.82, 2.24) is 9.78 Å². The van der Waals surface area contributed by atoms with Gasteiger partial charge in [-0.15, -0.1) is 11.8 Å². The fourth-order valence-electron chi connectivity index (χ4n) is 1.96. The highest BCUT2D eigenvalue weighted by molar-refractivity contribution is 7.99. The molecular weight excluding hydrogens is 288 g/mol. The summed E-state index contributed by atoms with van der Waals surface area (Å²) in [6, 6.07) is 5.27. The van der Waals surface area contributed by atoms with Gasteiger partial charge >= 0.3 is 5.97 Å². The summed E-state index contributed by atoms with van der Waals surface area (Å²) >= 11 is 1.49. The molecule has 5 nitrogen and oxygen atoms in total. The van der Waals surface area contributed by atoms with Crippen molar-refractivity contribution < 1.29 is 14.6 Å². The molecule has 1 heterocycles. The van der Waals surface area contributed by atoms with Crippen LogP contribution in [0.4, 0.5) is 0 Å². The number of rotatable bonds is 7. The number of thioether (sulfide) groups is 1. The van der Waals surface area contributed by atoms with E-state index in [1.54, 1.807) is 35.3 Å². The molecule has 0 aliphatic heterocycles. The molecule has 2 rings (SSSR count). The fraction of sp³-hybridized carbons (Fsp3) is 0.333. The minimum absolute atomic E-state index is 0.201. The first-order valence-corrected chi connectivity index (χ1v) is 7.83. The van der Waals surface area contributed by atoms with Crippen LogP contribution in [0, 0.1) is 0 Å². The number of hydrogen-bond acceptors (Lipinski definition) is 4. The van der Waals surface area contributed by atoms with Gasteiger partial charge in [0, 0.05) is 11.4 Å². The lowest BCUT2D eigenvalue weighted by molar-refractivity contribution is 0.0690. The first-order chi connectivity index (χ1) is 10.2. The quantitative estimate of drug-likeness (QED) is 0.786. The summed E-state index contributed by atoms with van der Waals surface area (Å²) in [5, 5.41) is 13.6. The van der Waals surface area contributed by atoms with E-state index in [2.05, 4.69) is 12.0 Å². The van der Waals surface area contributed by atoms with Gasteiger partial charge in [-0.2, -0.15) is 5.10 Å². The normalized spacial score (nSPS) is 10.6. The van der Waals surface area contributed by atoms with Gasteiger partial charge in [0.2, 0.25) is 0 Å². The number of aromatic carboxylic acids is 1. The minimum Gasteiger partial charge on any atom is -0.478 e. The molecule has 0 aliphatic rings. The van der Waals surface area contributed by atoms with Crippen LogP contribution in [0.1, 0.15) is 30.6 Å². The molecule has 2 aromatic rings. The number of carboxylic acids is 1. The highest BCUT2D eigenvalue weighted by Gasteiger charge is 2.17. The van der Waals surface area contributed by atoms with E-state index in [9.17, 15) is 9.90 Å². The van der Waals surface area contributed by atoms with Gasteiger partial charge in [0.1, 0.15) is 11.3 Å². The van der Waals surface area contributed by atoms with Crippen molar-refractivity contribution in [3.8, 4) is 11.5 Å². The van der Waals surface area contributed by atoms with Gasteiger partial charge in [0.25, 0.3) is 0 Å². The molecule has 0 spiro atoms. The second kappa shape index (κ2) is 7.17. The number of hydrogen-bond donors (Lipinski definition) is 1. The van der Waals surface area contributed by atoms with Crippen molar-refractivity contribution in [3.05, 3.63) is 36.2 Å². The molecule has 112 valence electrons. The van der Waals surface area contributed by atoms with Crippen LogP contribution in [0.15, 0.2) is 35.5 Å². The molecule has 1 aromatic carbocycles. The Morgan fingerprint density at radius 3 is 2.90 bits per heavy atom. The highest BCUT2D eigenvalue weighted by atomic mass is 32.2. The second-order valence-corrected chi connectivity index (χ2v) is 5.71. The van der Waals surface area contributed by atoms with Crippen LogP contribution in [0.5, 0.6) is 11.5 Å². The smallest absolute Gasteiger partial charge is 0.340 e. The zero-order chi connectivity index (χ0) is 15.2. The van der Waals surface area contributed by atoms with E-state index in [0.29, 0.717) is 16.4 Å². The average molecular weight is 306 g/mol. The summed E-state index contributed by atoms with van der Waals surface area (Å²) in [4.78, 5) is 12.2. The van der Waals surface area contributed by atoms with Gasteiger partial charge < -0.3 is 9.84 Å². The molecule has 0 aliphatic carbocycles. The Kier molecular flexibility index (Phi) is 5.27. The molecule has 0 fully saturated rings. The maximum Gasteiger partial charge on any atom is 0.340 e. The van der Waals surface area contributed by atoms with Crippen LogP contribution in [0.2, 0.25) is 0 Å². The molecule has 21 heavy (non-hydrogen) atoms. The summed E-state index contributed by atoms with van der Waals surface area (Å²) in [6.45, 7) is 4.86. The molecule has 6 heteroatoms. The molecule has 0 atom stereocenters. The number of carbonyl (C=O) groups is 1. The third-order valence-electron chi connectivity index (χ3n) is 2.79. The lowest BCUT2D eigenvalue weighted by Crippen LogP contribution is -2.02.